The number of carbonyl (C=O) groups excluding carboxylic acids is 1. The Hall–Kier alpha value is -2.33. The Bertz CT molecular complexity index is 730. The molecule has 2 aromatic rings. The minimum Gasteiger partial charge on any atom is -0.484 e. The minimum absolute atomic E-state index is 0.0434. The number of benzene rings is 2. The van der Waals surface area contributed by atoms with Crippen LogP contribution in [0.15, 0.2) is 54.6 Å². The number of hydrogen-bond donors (Lipinski definition) is 0. The number of piperazine rings is 1. The van der Waals surface area contributed by atoms with Gasteiger partial charge in [0.05, 0.1) is 6.04 Å². The predicted molar refractivity (Wildman–Crippen MR) is 104 cm³/mol. The molecule has 1 unspecified atom stereocenters. The molecule has 4 heteroatoms. The molecule has 0 radical (unpaired) electrons. The smallest absolute Gasteiger partial charge is 0.261 e. The molecular formula is C22H28N2O2. The summed E-state index contributed by atoms with van der Waals surface area (Å²) in [5.74, 6) is 1.24. The van der Waals surface area contributed by atoms with Crippen molar-refractivity contribution in [1.29, 1.82) is 0 Å². The molecule has 3 rings (SSSR count). The second kappa shape index (κ2) is 8.37. The van der Waals surface area contributed by atoms with Crippen LogP contribution in [0.4, 0.5) is 0 Å². The van der Waals surface area contributed by atoms with Crippen molar-refractivity contribution in [3.63, 3.8) is 0 Å². The van der Waals surface area contributed by atoms with Gasteiger partial charge < -0.3 is 14.5 Å². The lowest BCUT2D eigenvalue weighted by Crippen LogP contribution is -2.50. The average Bonchev–Trinajstić information content (AvgIpc) is 2.67. The first-order valence-corrected chi connectivity index (χ1v) is 9.30. The minimum atomic E-state index is 0.0434. The van der Waals surface area contributed by atoms with Gasteiger partial charge in [0.2, 0.25) is 0 Å². The topological polar surface area (TPSA) is 32.8 Å². The highest BCUT2D eigenvalue weighted by Gasteiger charge is 2.30. The summed E-state index contributed by atoms with van der Waals surface area (Å²) in [6.45, 7) is 6.84. The van der Waals surface area contributed by atoms with Crippen molar-refractivity contribution in [2.24, 2.45) is 0 Å². The molecular weight excluding hydrogens is 324 g/mol. The van der Waals surface area contributed by atoms with Crippen LogP contribution in [-0.2, 0) is 4.79 Å². The molecule has 1 heterocycles. The number of amides is 1. The van der Waals surface area contributed by atoms with Gasteiger partial charge in [-0.05, 0) is 36.2 Å². The first-order valence-electron chi connectivity index (χ1n) is 9.30. The summed E-state index contributed by atoms with van der Waals surface area (Å²) >= 11 is 0. The summed E-state index contributed by atoms with van der Waals surface area (Å²) in [6, 6.07) is 18.3. The predicted octanol–water partition coefficient (Wildman–Crippen LogP) is 3.70. The zero-order chi connectivity index (χ0) is 18.5. The number of nitrogens with zero attached hydrogens (tertiary/aromatic N) is 2. The third-order valence-corrected chi connectivity index (χ3v) is 4.98. The highest BCUT2D eigenvalue weighted by molar-refractivity contribution is 5.78. The van der Waals surface area contributed by atoms with Crippen LogP contribution in [0.25, 0.3) is 0 Å². The lowest BCUT2D eigenvalue weighted by molar-refractivity contribution is -0.138. The van der Waals surface area contributed by atoms with Crippen molar-refractivity contribution in [3.05, 3.63) is 65.7 Å². The van der Waals surface area contributed by atoms with Gasteiger partial charge in [-0.3, -0.25) is 4.79 Å². The SMILES string of the molecule is CC(C)c1cccc(OCC(=O)N2CCN(C)CC2c2ccccc2)c1. The third-order valence-electron chi connectivity index (χ3n) is 4.98. The van der Waals surface area contributed by atoms with E-state index in [0.717, 1.165) is 25.4 Å². The van der Waals surface area contributed by atoms with E-state index in [4.69, 9.17) is 4.74 Å². The van der Waals surface area contributed by atoms with E-state index in [1.807, 2.05) is 41.3 Å². The first kappa shape index (κ1) is 18.5. The van der Waals surface area contributed by atoms with E-state index in [0.29, 0.717) is 5.92 Å². The highest BCUT2D eigenvalue weighted by Crippen LogP contribution is 2.25. The molecule has 0 saturated carbocycles. The summed E-state index contributed by atoms with van der Waals surface area (Å²) in [5.41, 5.74) is 2.39. The molecule has 0 N–H and O–H groups in total. The Morgan fingerprint density at radius 3 is 2.62 bits per heavy atom. The van der Waals surface area contributed by atoms with Gasteiger partial charge in [0.25, 0.3) is 5.91 Å². The van der Waals surface area contributed by atoms with Crippen LogP contribution in [-0.4, -0.2) is 49.0 Å². The van der Waals surface area contributed by atoms with E-state index in [2.05, 4.69) is 44.0 Å². The Balaban J connectivity index is 1.68. The summed E-state index contributed by atoms with van der Waals surface area (Å²) in [5, 5.41) is 0. The molecule has 26 heavy (non-hydrogen) atoms. The summed E-state index contributed by atoms with van der Waals surface area (Å²) in [7, 11) is 2.10. The van der Waals surface area contributed by atoms with Crippen LogP contribution in [0.2, 0.25) is 0 Å². The molecule has 4 nitrogen and oxygen atoms in total. The van der Waals surface area contributed by atoms with Crippen molar-refractivity contribution in [3.8, 4) is 5.75 Å². The van der Waals surface area contributed by atoms with E-state index < -0.39 is 0 Å². The van der Waals surface area contributed by atoms with Gasteiger partial charge in [-0.2, -0.15) is 0 Å². The van der Waals surface area contributed by atoms with Crippen molar-refractivity contribution < 1.29 is 9.53 Å². The Kier molecular flexibility index (Phi) is 5.94. The molecule has 1 aliphatic rings. The van der Waals surface area contributed by atoms with Gasteiger partial charge in [-0.15, -0.1) is 0 Å². The van der Waals surface area contributed by atoms with Gasteiger partial charge in [-0.1, -0.05) is 56.3 Å². The zero-order valence-corrected chi connectivity index (χ0v) is 15.9. The number of carbonyl (C=O) groups is 1. The van der Waals surface area contributed by atoms with E-state index in [9.17, 15) is 4.79 Å². The monoisotopic (exact) mass is 352 g/mol. The maximum absolute atomic E-state index is 12.9. The standard InChI is InChI=1S/C22H28N2O2/c1-17(2)19-10-7-11-20(14-19)26-16-22(25)24-13-12-23(3)15-21(24)18-8-5-4-6-9-18/h4-11,14,17,21H,12-13,15-16H2,1-3H3. The lowest BCUT2D eigenvalue weighted by atomic mass is 10.0. The summed E-state index contributed by atoms with van der Waals surface area (Å²) < 4.78 is 5.82. The first-order chi connectivity index (χ1) is 12.5. The fourth-order valence-corrected chi connectivity index (χ4v) is 3.37. The maximum atomic E-state index is 12.9. The van der Waals surface area contributed by atoms with Gasteiger partial charge in [-0.25, -0.2) is 0 Å². The van der Waals surface area contributed by atoms with Crippen molar-refractivity contribution in [2.45, 2.75) is 25.8 Å². The highest BCUT2D eigenvalue weighted by atomic mass is 16.5. The molecule has 138 valence electrons. The quantitative estimate of drug-likeness (QED) is 0.822. The molecule has 0 bridgehead atoms. The lowest BCUT2D eigenvalue weighted by Gasteiger charge is -2.40. The second-order valence-corrected chi connectivity index (χ2v) is 7.29. The molecule has 1 amide bonds. The molecule has 1 atom stereocenters. The van der Waals surface area contributed by atoms with Crippen molar-refractivity contribution in [1.82, 2.24) is 9.80 Å². The Labute approximate surface area is 156 Å². The number of ether oxygens (including phenoxy) is 1. The fraction of sp³-hybridized carbons (Fsp3) is 0.409. The molecule has 0 aliphatic carbocycles. The maximum Gasteiger partial charge on any atom is 0.261 e. The fourth-order valence-electron chi connectivity index (χ4n) is 3.37. The normalized spacial score (nSPS) is 18.2. The van der Waals surface area contributed by atoms with Gasteiger partial charge in [0, 0.05) is 19.6 Å². The third kappa shape index (κ3) is 4.44. The molecule has 1 fully saturated rings. The van der Waals surface area contributed by atoms with Crippen LogP contribution in [0.3, 0.4) is 0 Å². The second-order valence-electron chi connectivity index (χ2n) is 7.29. The number of rotatable bonds is 5. The van der Waals surface area contributed by atoms with Crippen LogP contribution < -0.4 is 4.74 Å². The molecule has 1 saturated heterocycles. The number of likely N-dealkylation sites (N-methyl/N-ethyl adjacent to an activating group) is 1. The van der Waals surface area contributed by atoms with E-state index >= 15 is 0 Å². The summed E-state index contributed by atoms with van der Waals surface area (Å²) in [6.07, 6.45) is 0. The van der Waals surface area contributed by atoms with Crippen molar-refractivity contribution in [2.75, 3.05) is 33.3 Å². The van der Waals surface area contributed by atoms with Gasteiger partial charge in [0.15, 0.2) is 6.61 Å². The van der Waals surface area contributed by atoms with Crippen LogP contribution in [0, 0.1) is 0 Å². The van der Waals surface area contributed by atoms with Crippen LogP contribution in [0.1, 0.15) is 36.9 Å². The van der Waals surface area contributed by atoms with Gasteiger partial charge in [0.1, 0.15) is 5.75 Å². The summed E-state index contributed by atoms with van der Waals surface area (Å²) in [4.78, 5) is 17.1. The van der Waals surface area contributed by atoms with Crippen LogP contribution >= 0.6 is 0 Å². The molecule has 0 aromatic heterocycles. The van der Waals surface area contributed by atoms with Gasteiger partial charge >= 0.3 is 0 Å². The van der Waals surface area contributed by atoms with Crippen molar-refractivity contribution >= 4 is 5.91 Å². The van der Waals surface area contributed by atoms with Crippen LogP contribution in [0.5, 0.6) is 5.75 Å². The zero-order valence-electron chi connectivity index (χ0n) is 15.9. The van der Waals surface area contributed by atoms with E-state index in [1.54, 1.807) is 0 Å². The number of hydrogen-bond acceptors (Lipinski definition) is 3. The molecule has 2 aromatic carbocycles. The average molecular weight is 352 g/mol. The molecule has 1 aliphatic heterocycles. The largest absolute Gasteiger partial charge is 0.484 e. The van der Waals surface area contributed by atoms with E-state index in [1.165, 1.54) is 11.1 Å². The Morgan fingerprint density at radius 1 is 1.12 bits per heavy atom. The Morgan fingerprint density at radius 2 is 1.88 bits per heavy atom. The van der Waals surface area contributed by atoms with E-state index in [-0.39, 0.29) is 18.6 Å². The molecule has 0 spiro atoms.